The van der Waals surface area contributed by atoms with Gasteiger partial charge in [0.25, 0.3) is 0 Å². The molecule has 1 aliphatic rings. The maximum Gasteiger partial charge on any atom is 0.0753 e. The Morgan fingerprint density at radius 2 is 2.06 bits per heavy atom. The fourth-order valence-electron chi connectivity index (χ4n) is 1.98. The van der Waals surface area contributed by atoms with Gasteiger partial charge in [0, 0.05) is 31.7 Å². The molecule has 0 spiro atoms. The maximum absolute atomic E-state index is 5.70. The average Bonchev–Trinajstić information content (AvgIpc) is 2.16. The highest BCUT2D eigenvalue weighted by Gasteiger charge is 2.26. The molecule has 0 aliphatic carbocycles. The Morgan fingerprint density at radius 1 is 1.38 bits per heavy atom. The van der Waals surface area contributed by atoms with E-state index in [1.54, 1.807) is 0 Å². The van der Waals surface area contributed by atoms with E-state index in [-0.39, 0.29) is 11.1 Å². The molecule has 0 aromatic rings. The topological polar surface area (TPSA) is 24.5 Å². The van der Waals surface area contributed by atoms with Crippen LogP contribution in [0.4, 0.5) is 0 Å². The van der Waals surface area contributed by atoms with Gasteiger partial charge in [0.15, 0.2) is 0 Å². The summed E-state index contributed by atoms with van der Waals surface area (Å²) in [5.74, 6) is 0. The number of hydrogen-bond donors (Lipinski definition) is 1. The van der Waals surface area contributed by atoms with Crippen molar-refractivity contribution in [3.8, 4) is 0 Å². The van der Waals surface area contributed by atoms with E-state index < -0.39 is 0 Å². The van der Waals surface area contributed by atoms with E-state index in [1.807, 2.05) is 0 Å². The summed E-state index contributed by atoms with van der Waals surface area (Å²) in [5, 5.41) is 3.60. The molecule has 3 nitrogen and oxygen atoms in total. The molecule has 3 heteroatoms. The Morgan fingerprint density at radius 3 is 2.62 bits per heavy atom. The minimum Gasteiger partial charge on any atom is -0.373 e. The van der Waals surface area contributed by atoms with Crippen molar-refractivity contribution in [3.05, 3.63) is 0 Å². The van der Waals surface area contributed by atoms with Crippen LogP contribution in [0.25, 0.3) is 0 Å². The Hall–Kier alpha value is -0.120. The molecule has 1 N–H and O–H groups in total. The summed E-state index contributed by atoms with van der Waals surface area (Å²) >= 11 is 0. The molecule has 1 rings (SSSR count). The second-order valence-corrected chi connectivity index (χ2v) is 6.05. The highest BCUT2D eigenvalue weighted by Crippen LogP contribution is 2.15. The van der Waals surface area contributed by atoms with Gasteiger partial charge in [0.05, 0.1) is 12.2 Å². The predicted molar refractivity (Wildman–Crippen MR) is 68.8 cm³/mol. The molecule has 16 heavy (non-hydrogen) atoms. The smallest absolute Gasteiger partial charge is 0.0753 e. The van der Waals surface area contributed by atoms with Gasteiger partial charge in [0.1, 0.15) is 0 Å². The first-order valence-electron chi connectivity index (χ1n) is 6.46. The normalized spacial score (nSPS) is 22.3. The van der Waals surface area contributed by atoms with Gasteiger partial charge in [-0.2, -0.15) is 0 Å². The predicted octanol–water partition coefficient (Wildman–Crippen LogP) is 1.88. The standard InChI is InChI=1S/C13H28N2O/c1-6-12(2,3)14-7-8-15-9-10-16-13(4,5)11-15/h14H,6-11H2,1-5H3. The van der Waals surface area contributed by atoms with Crippen molar-refractivity contribution in [2.24, 2.45) is 0 Å². The molecule has 0 radical (unpaired) electrons. The van der Waals surface area contributed by atoms with Crippen LogP contribution in [0.5, 0.6) is 0 Å². The van der Waals surface area contributed by atoms with Crippen LogP contribution in [0.15, 0.2) is 0 Å². The third-order valence-electron chi connectivity index (χ3n) is 3.42. The number of ether oxygens (including phenoxy) is 1. The van der Waals surface area contributed by atoms with Crippen LogP contribution in [0.1, 0.15) is 41.0 Å². The lowest BCUT2D eigenvalue weighted by Crippen LogP contribution is -2.51. The Balaban J connectivity index is 2.23. The first-order chi connectivity index (χ1) is 7.35. The van der Waals surface area contributed by atoms with Gasteiger partial charge in [-0.15, -0.1) is 0 Å². The fraction of sp³-hybridized carbons (Fsp3) is 1.00. The second-order valence-electron chi connectivity index (χ2n) is 6.05. The second kappa shape index (κ2) is 5.48. The number of morpholine rings is 1. The van der Waals surface area contributed by atoms with Gasteiger partial charge in [0.2, 0.25) is 0 Å². The summed E-state index contributed by atoms with van der Waals surface area (Å²) in [5.41, 5.74) is 0.292. The van der Waals surface area contributed by atoms with E-state index in [2.05, 4.69) is 44.8 Å². The summed E-state index contributed by atoms with van der Waals surface area (Å²) < 4.78 is 5.70. The summed E-state index contributed by atoms with van der Waals surface area (Å²) in [6.07, 6.45) is 1.17. The lowest BCUT2D eigenvalue weighted by molar-refractivity contribution is -0.0856. The number of nitrogens with zero attached hydrogens (tertiary/aromatic N) is 1. The molecule has 0 unspecified atom stereocenters. The Kier molecular flexibility index (Phi) is 4.77. The largest absolute Gasteiger partial charge is 0.373 e. The zero-order valence-corrected chi connectivity index (χ0v) is 11.6. The van der Waals surface area contributed by atoms with E-state index in [0.29, 0.717) is 0 Å². The maximum atomic E-state index is 5.70. The molecule has 1 aliphatic heterocycles. The summed E-state index contributed by atoms with van der Waals surface area (Å²) in [6.45, 7) is 16.2. The zero-order valence-electron chi connectivity index (χ0n) is 11.6. The molecule has 0 aromatic heterocycles. The summed E-state index contributed by atoms with van der Waals surface area (Å²) in [4.78, 5) is 2.49. The van der Waals surface area contributed by atoms with E-state index in [1.165, 1.54) is 6.42 Å². The van der Waals surface area contributed by atoms with Gasteiger partial charge in [-0.1, -0.05) is 6.92 Å². The minimum atomic E-state index is 0.0263. The number of hydrogen-bond acceptors (Lipinski definition) is 3. The monoisotopic (exact) mass is 228 g/mol. The summed E-state index contributed by atoms with van der Waals surface area (Å²) in [6, 6.07) is 0. The lowest BCUT2D eigenvalue weighted by Gasteiger charge is -2.38. The SMILES string of the molecule is CCC(C)(C)NCCN1CCOC(C)(C)C1. The molecule has 1 fully saturated rings. The first-order valence-corrected chi connectivity index (χ1v) is 6.46. The molecule has 1 saturated heterocycles. The van der Waals surface area contributed by atoms with Gasteiger partial charge in [-0.05, 0) is 34.1 Å². The van der Waals surface area contributed by atoms with Crippen molar-refractivity contribution < 1.29 is 4.74 Å². The third-order valence-corrected chi connectivity index (χ3v) is 3.42. The van der Waals surface area contributed by atoms with Crippen LogP contribution in [0, 0.1) is 0 Å². The zero-order chi connectivity index (χ0) is 12.2. The van der Waals surface area contributed by atoms with Crippen LogP contribution in [0.3, 0.4) is 0 Å². The third kappa shape index (κ3) is 4.81. The molecule has 1 heterocycles. The van der Waals surface area contributed by atoms with Gasteiger partial charge >= 0.3 is 0 Å². The van der Waals surface area contributed by atoms with Crippen molar-refractivity contribution in [1.82, 2.24) is 10.2 Å². The highest BCUT2D eigenvalue weighted by atomic mass is 16.5. The molecular formula is C13H28N2O. The highest BCUT2D eigenvalue weighted by molar-refractivity contribution is 4.81. The molecule has 0 amide bonds. The number of rotatable bonds is 5. The van der Waals surface area contributed by atoms with Crippen molar-refractivity contribution in [2.75, 3.05) is 32.8 Å². The van der Waals surface area contributed by atoms with Crippen molar-refractivity contribution >= 4 is 0 Å². The van der Waals surface area contributed by atoms with Crippen LogP contribution < -0.4 is 5.32 Å². The van der Waals surface area contributed by atoms with Crippen molar-refractivity contribution in [3.63, 3.8) is 0 Å². The van der Waals surface area contributed by atoms with Gasteiger partial charge in [-0.3, -0.25) is 4.90 Å². The van der Waals surface area contributed by atoms with Gasteiger partial charge in [-0.25, -0.2) is 0 Å². The quantitative estimate of drug-likeness (QED) is 0.777. The minimum absolute atomic E-state index is 0.0263. The van der Waals surface area contributed by atoms with E-state index in [9.17, 15) is 0 Å². The van der Waals surface area contributed by atoms with E-state index in [4.69, 9.17) is 4.74 Å². The van der Waals surface area contributed by atoms with Crippen LogP contribution in [-0.4, -0.2) is 48.8 Å². The molecule has 0 aromatic carbocycles. The van der Waals surface area contributed by atoms with Crippen molar-refractivity contribution in [2.45, 2.75) is 52.2 Å². The van der Waals surface area contributed by atoms with Crippen LogP contribution in [-0.2, 0) is 4.74 Å². The van der Waals surface area contributed by atoms with Crippen LogP contribution in [0.2, 0.25) is 0 Å². The molecule has 0 bridgehead atoms. The van der Waals surface area contributed by atoms with Gasteiger partial charge < -0.3 is 10.1 Å². The molecular weight excluding hydrogens is 200 g/mol. The van der Waals surface area contributed by atoms with Crippen molar-refractivity contribution in [1.29, 1.82) is 0 Å². The number of nitrogens with one attached hydrogen (secondary N) is 1. The molecule has 0 atom stereocenters. The van der Waals surface area contributed by atoms with Crippen LogP contribution >= 0.6 is 0 Å². The van der Waals surface area contributed by atoms with E-state index >= 15 is 0 Å². The molecule has 96 valence electrons. The summed E-state index contributed by atoms with van der Waals surface area (Å²) in [7, 11) is 0. The first kappa shape index (κ1) is 13.9. The fourth-order valence-corrected chi connectivity index (χ4v) is 1.98. The van der Waals surface area contributed by atoms with E-state index in [0.717, 1.165) is 32.8 Å². The Bertz CT molecular complexity index is 214. The Labute approximate surface area is 101 Å². The average molecular weight is 228 g/mol. The molecule has 0 saturated carbocycles. The lowest BCUT2D eigenvalue weighted by atomic mass is 10.0.